The number of carbonyl (C=O) groups excluding carboxylic acids is 1. The van der Waals surface area contributed by atoms with E-state index in [1.165, 1.54) is 0 Å². The first-order valence-electron chi connectivity index (χ1n) is 6.37. The second kappa shape index (κ2) is 5.82. The van der Waals surface area contributed by atoms with E-state index in [9.17, 15) is 4.79 Å². The van der Waals surface area contributed by atoms with Crippen molar-refractivity contribution in [3.8, 4) is 0 Å². The number of benzene rings is 1. The van der Waals surface area contributed by atoms with Crippen LogP contribution in [-0.4, -0.2) is 18.0 Å². The molecule has 0 spiro atoms. The van der Waals surface area contributed by atoms with Crippen molar-refractivity contribution in [2.24, 2.45) is 0 Å². The SMILES string of the molecule is CC[C@H]1CC[C@@H](C(=O)NCc2ccccc2)N1. The highest BCUT2D eigenvalue weighted by molar-refractivity contribution is 5.82. The van der Waals surface area contributed by atoms with Crippen molar-refractivity contribution in [1.82, 2.24) is 10.6 Å². The van der Waals surface area contributed by atoms with Gasteiger partial charge in [-0.2, -0.15) is 0 Å². The van der Waals surface area contributed by atoms with Crippen LogP contribution in [0.4, 0.5) is 0 Å². The van der Waals surface area contributed by atoms with E-state index in [1.54, 1.807) is 0 Å². The molecule has 2 N–H and O–H groups in total. The molecule has 1 amide bonds. The largest absolute Gasteiger partial charge is 0.351 e. The fourth-order valence-corrected chi connectivity index (χ4v) is 2.26. The van der Waals surface area contributed by atoms with Crippen molar-refractivity contribution in [3.05, 3.63) is 35.9 Å². The molecule has 1 saturated heterocycles. The highest BCUT2D eigenvalue weighted by Gasteiger charge is 2.27. The minimum Gasteiger partial charge on any atom is -0.351 e. The molecule has 0 radical (unpaired) electrons. The molecule has 2 rings (SSSR count). The topological polar surface area (TPSA) is 41.1 Å². The Morgan fingerprint density at radius 3 is 2.76 bits per heavy atom. The van der Waals surface area contributed by atoms with Crippen LogP contribution in [0.3, 0.4) is 0 Å². The summed E-state index contributed by atoms with van der Waals surface area (Å²) >= 11 is 0. The van der Waals surface area contributed by atoms with Crippen LogP contribution in [0.25, 0.3) is 0 Å². The van der Waals surface area contributed by atoms with Crippen LogP contribution < -0.4 is 10.6 Å². The van der Waals surface area contributed by atoms with Gasteiger partial charge >= 0.3 is 0 Å². The summed E-state index contributed by atoms with van der Waals surface area (Å²) in [5, 5.41) is 6.35. The predicted molar refractivity (Wildman–Crippen MR) is 68.5 cm³/mol. The van der Waals surface area contributed by atoms with Crippen LogP contribution in [0.5, 0.6) is 0 Å². The van der Waals surface area contributed by atoms with Gasteiger partial charge in [-0.3, -0.25) is 4.79 Å². The summed E-state index contributed by atoms with van der Waals surface area (Å²) < 4.78 is 0. The monoisotopic (exact) mass is 232 g/mol. The lowest BCUT2D eigenvalue weighted by Gasteiger charge is -2.13. The fraction of sp³-hybridized carbons (Fsp3) is 0.500. The Labute approximate surface area is 103 Å². The zero-order chi connectivity index (χ0) is 12.1. The average Bonchev–Trinajstić information content (AvgIpc) is 2.86. The summed E-state index contributed by atoms with van der Waals surface area (Å²) in [7, 11) is 0. The lowest BCUT2D eigenvalue weighted by Crippen LogP contribution is -2.42. The van der Waals surface area contributed by atoms with Gasteiger partial charge in [-0.05, 0) is 24.8 Å². The van der Waals surface area contributed by atoms with Gasteiger partial charge < -0.3 is 10.6 Å². The van der Waals surface area contributed by atoms with Gasteiger partial charge in [0.15, 0.2) is 0 Å². The van der Waals surface area contributed by atoms with Gasteiger partial charge in [0.1, 0.15) is 0 Å². The number of rotatable bonds is 4. The molecule has 0 unspecified atom stereocenters. The van der Waals surface area contributed by atoms with Crippen LogP contribution in [0.1, 0.15) is 31.7 Å². The number of nitrogens with one attached hydrogen (secondary N) is 2. The Hall–Kier alpha value is -1.35. The van der Waals surface area contributed by atoms with E-state index >= 15 is 0 Å². The second-order valence-corrected chi connectivity index (χ2v) is 4.61. The van der Waals surface area contributed by atoms with Crippen molar-refractivity contribution in [3.63, 3.8) is 0 Å². The molecule has 1 heterocycles. The maximum absolute atomic E-state index is 11.9. The van der Waals surface area contributed by atoms with Crippen molar-refractivity contribution in [2.75, 3.05) is 0 Å². The fourth-order valence-electron chi connectivity index (χ4n) is 2.26. The smallest absolute Gasteiger partial charge is 0.237 e. The van der Waals surface area contributed by atoms with Gasteiger partial charge in [0, 0.05) is 12.6 Å². The molecule has 0 aliphatic carbocycles. The number of hydrogen-bond acceptors (Lipinski definition) is 2. The van der Waals surface area contributed by atoms with E-state index in [4.69, 9.17) is 0 Å². The summed E-state index contributed by atoms with van der Waals surface area (Å²) in [6.45, 7) is 2.77. The minimum atomic E-state index is 0.00339. The van der Waals surface area contributed by atoms with Crippen molar-refractivity contribution >= 4 is 5.91 Å². The first-order chi connectivity index (χ1) is 8.29. The molecular weight excluding hydrogens is 212 g/mol. The van der Waals surface area contributed by atoms with Crippen LogP contribution in [0.15, 0.2) is 30.3 Å². The third-order valence-electron chi connectivity index (χ3n) is 3.36. The van der Waals surface area contributed by atoms with E-state index in [0.717, 1.165) is 24.8 Å². The molecule has 3 heteroatoms. The molecular formula is C14H20N2O. The van der Waals surface area contributed by atoms with Crippen molar-refractivity contribution in [2.45, 2.75) is 44.8 Å². The average molecular weight is 232 g/mol. The zero-order valence-electron chi connectivity index (χ0n) is 10.3. The zero-order valence-corrected chi connectivity index (χ0v) is 10.3. The first-order valence-corrected chi connectivity index (χ1v) is 6.37. The number of carbonyl (C=O) groups is 1. The summed E-state index contributed by atoms with van der Waals surface area (Å²) in [4.78, 5) is 11.9. The van der Waals surface area contributed by atoms with Crippen LogP contribution in [0.2, 0.25) is 0 Å². The molecule has 2 atom stereocenters. The Morgan fingerprint density at radius 1 is 1.35 bits per heavy atom. The lowest BCUT2D eigenvalue weighted by atomic mass is 10.1. The summed E-state index contributed by atoms with van der Waals surface area (Å²) in [5.74, 6) is 0.129. The standard InChI is InChI=1S/C14H20N2O/c1-2-12-8-9-13(16-12)14(17)15-10-11-6-4-3-5-7-11/h3-7,12-13,16H,2,8-10H2,1H3,(H,15,17)/t12-,13-/m0/s1. The molecule has 1 aliphatic rings. The van der Waals surface area contributed by atoms with Gasteiger partial charge in [0.25, 0.3) is 0 Å². The molecule has 92 valence electrons. The maximum atomic E-state index is 11.9. The van der Waals surface area contributed by atoms with Gasteiger partial charge in [-0.1, -0.05) is 37.3 Å². The number of hydrogen-bond donors (Lipinski definition) is 2. The Morgan fingerprint density at radius 2 is 2.12 bits per heavy atom. The van der Waals surface area contributed by atoms with Crippen molar-refractivity contribution < 1.29 is 4.79 Å². The summed E-state index contributed by atoms with van der Waals surface area (Å²) in [6, 6.07) is 10.5. The van der Waals surface area contributed by atoms with Crippen LogP contribution >= 0.6 is 0 Å². The molecule has 3 nitrogen and oxygen atoms in total. The van der Waals surface area contributed by atoms with Gasteiger partial charge in [-0.25, -0.2) is 0 Å². The third-order valence-corrected chi connectivity index (χ3v) is 3.36. The van der Waals surface area contributed by atoms with Crippen LogP contribution in [-0.2, 0) is 11.3 Å². The second-order valence-electron chi connectivity index (χ2n) is 4.61. The Balaban J connectivity index is 1.78. The Kier molecular flexibility index (Phi) is 4.15. The van der Waals surface area contributed by atoms with Crippen molar-refractivity contribution in [1.29, 1.82) is 0 Å². The quantitative estimate of drug-likeness (QED) is 0.831. The van der Waals surface area contributed by atoms with Gasteiger partial charge in [0.2, 0.25) is 5.91 Å². The maximum Gasteiger partial charge on any atom is 0.237 e. The van der Waals surface area contributed by atoms with E-state index in [2.05, 4.69) is 17.6 Å². The lowest BCUT2D eigenvalue weighted by molar-refractivity contribution is -0.123. The highest BCUT2D eigenvalue weighted by atomic mass is 16.2. The molecule has 0 saturated carbocycles. The van der Waals surface area contributed by atoms with Crippen LogP contribution in [0, 0.1) is 0 Å². The van der Waals surface area contributed by atoms with E-state index in [1.807, 2.05) is 30.3 Å². The number of amides is 1. The molecule has 1 aliphatic heterocycles. The molecule has 0 bridgehead atoms. The molecule has 1 fully saturated rings. The van der Waals surface area contributed by atoms with E-state index < -0.39 is 0 Å². The molecule has 1 aromatic rings. The third kappa shape index (κ3) is 3.30. The molecule has 17 heavy (non-hydrogen) atoms. The molecule has 0 aromatic heterocycles. The normalized spacial score (nSPS) is 23.6. The first kappa shape index (κ1) is 12.1. The Bertz CT molecular complexity index is 364. The summed E-state index contributed by atoms with van der Waals surface area (Å²) in [6.07, 6.45) is 3.17. The van der Waals surface area contributed by atoms with E-state index in [0.29, 0.717) is 12.6 Å². The highest BCUT2D eigenvalue weighted by Crippen LogP contribution is 2.14. The summed E-state index contributed by atoms with van der Waals surface area (Å²) in [5.41, 5.74) is 1.14. The van der Waals surface area contributed by atoms with E-state index in [-0.39, 0.29) is 11.9 Å². The molecule has 1 aromatic carbocycles. The predicted octanol–water partition coefficient (Wildman–Crippen LogP) is 1.83. The van der Waals surface area contributed by atoms with Gasteiger partial charge in [0.05, 0.1) is 6.04 Å². The van der Waals surface area contributed by atoms with Gasteiger partial charge in [-0.15, -0.1) is 0 Å². The minimum absolute atomic E-state index is 0.00339.